The maximum atomic E-state index is 11.0. The summed E-state index contributed by atoms with van der Waals surface area (Å²) in [5.74, 6) is 0. The van der Waals surface area contributed by atoms with Gasteiger partial charge in [-0.2, -0.15) is 0 Å². The zero-order valence-corrected chi connectivity index (χ0v) is 13.0. The van der Waals surface area contributed by atoms with Crippen molar-refractivity contribution in [2.75, 3.05) is 0 Å². The smallest absolute Gasteiger partial charge is 0.283 e. The van der Waals surface area contributed by atoms with Gasteiger partial charge in [-0.1, -0.05) is 24.3 Å². The molecule has 3 aromatic rings. The topological polar surface area (TPSA) is 48.1 Å². The summed E-state index contributed by atoms with van der Waals surface area (Å²) in [5, 5.41) is 12.2. The standard InChI is InChI=1S/C16H13BrN2O2/c1-11-5-6-12-7-8-18(15(12)9-11)10-13-3-2-4-14(16(13)17)19(20)21/h2-9H,10H2,1H3. The Morgan fingerprint density at radius 3 is 2.81 bits per heavy atom. The molecule has 0 fully saturated rings. The number of benzene rings is 2. The van der Waals surface area contributed by atoms with Crippen molar-refractivity contribution in [3.05, 3.63) is 74.4 Å². The molecular weight excluding hydrogens is 332 g/mol. The maximum Gasteiger partial charge on any atom is 0.283 e. The van der Waals surface area contributed by atoms with Gasteiger partial charge >= 0.3 is 0 Å². The average molecular weight is 345 g/mol. The van der Waals surface area contributed by atoms with E-state index in [2.05, 4.69) is 51.7 Å². The van der Waals surface area contributed by atoms with Crippen molar-refractivity contribution in [3.8, 4) is 0 Å². The second-order valence-electron chi connectivity index (χ2n) is 5.01. The summed E-state index contributed by atoms with van der Waals surface area (Å²) in [6.45, 7) is 2.65. The molecule has 2 aromatic carbocycles. The van der Waals surface area contributed by atoms with E-state index in [0.717, 1.165) is 11.1 Å². The van der Waals surface area contributed by atoms with Crippen LogP contribution in [0.5, 0.6) is 0 Å². The molecule has 21 heavy (non-hydrogen) atoms. The molecule has 0 radical (unpaired) electrons. The molecule has 0 atom stereocenters. The van der Waals surface area contributed by atoms with Crippen LogP contribution in [0.3, 0.4) is 0 Å². The van der Waals surface area contributed by atoms with Crippen LogP contribution in [0.25, 0.3) is 10.9 Å². The van der Waals surface area contributed by atoms with Crippen molar-refractivity contribution in [3.63, 3.8) is 0 Å². The highest BCUT2D eigenvalue weighted by atomic mass is 79.9. The largest absolute Gasteiger partial charge is 0.343 e. The molecule has 0 aliphatic heterocycles. The van der Waals surface area contributed by atoms with Crippen molar-refractivity contribution in [1.82, 2.24) is 4.57 Å². The van der Waals surface area contributed by atoms with Gasteiger partial charge in [0.25, 0.3) is 5.69 Å². The van der Waals surface area contributed by atoms with Crippen molar-refractivity contribution in [2.45, 2.75) is 13.5 Å². The summed E-state index contributed by atoms with van der Waals surface area (Å²) < 4.78 is 2.65. The Labute approximate surface area is 130 Å². The normalized spacial score (nSPS) is 11.0. The summed E-state index contributed by atoms with van der Waals surface area (Å²) >= 11 is 3.35. The lowest BCUT2D eigenvalue weighted by Crippen LogP contribution is -2.00. The molecule has 5 heteroatoms. The highest BCUT2D eigenvalue weighted by molar-refractivity contribution is 9.10. The molecule has 0 saturated heterocycles. The van der Waals surface area contributed by atoms with Crippen molar-refractivity contribution >= 4 is 32.5 Å². The number of hydrogen-bond acceptors (Lipinski definition) is 2. The zero-order valence-electron chi connectivity index (χ0n) is 11.4. The number of aromatic nitrogens is 1. The van der Waals surface area contributed by atoms with E-state index in [0.29, 0.717) is 11.0 Å². The molecule has 106 valence electrons. The zero-order chi connectivity index (χ0) is 15.0. The van der Waals surface area contributed by atoms with Crippen LogP contribution in [-0.4, -0.2) is 9.49 Å². The van der Waals surface area contributed by atoms with E-state index >= 15 is 0 Å². The van der Waals surface area contributed by atoms with Gasteiger partial charge < -0.3 is 4.57 Å². The summed E-state index contributed by atoms with van der Waals surface area (Å²) in [7, 11) is 0. The lowest BCUT2D eigenvalue weighted by molar-refractivity contribution is -0.385. The number of aryl methyl sites for hydroxylation is 1. The molecule has 4 nitrogen and oxygen atoms in total. The first-order valence-corrected chi connectivity index (χ1v) is 7.33. The number of rotatable bonds is 3. The third kappa shape index (κ3) is 2.56. The Kier molecular flexibility index (Phi) is 3.51. The van der Waals surface area contributed by atoms with Crippen molar-refractivity contribution in [1.29, 1.82) is 0 Å². The lowest BCUT2D eigenvalue weighted by Gasteiger charge is -2.08. The Balaban J connectivity index is 2.05. The summed E-state index contributed by atoms with van der Waals surface area (Å²) in [6.07, 6.45) is 2.01. The second kappa shape index (κ2) is 5.33. The van der Waals surface area contributed by atoms with Gasteiger partial charge in [-0.25, -0.2) is 0 Å². The van der Waals surface area contributed by atoms with Gasteiger partial charge in [0.2, 0.25) is 0 Å². The minimum absolute atomic E-state index is 0.0974. The van der Waals surface area contributed by atoms with Gasteiger partial charge in [0.15, 0.2) is 0 Å². The Bertz CT molecular complexity index is 839. The van der Waals surface area contributed by atoms with Crippen molar-refractivity contribution < 1.29 is 4.92 Å². The number of nitrogens with zero attached hydrogens (tertiary/aromatic N) is 2. The van der Waals surface area contributed by atoms with Gasteiger partial charge in [-0.15, -0.1) is 0 Å². The Morgan fingerprint density at radius 1 is 1.24 bits per heavy atom. The maximum absolute atomic E-state index is 11.0. The Hall–Kier alpha value is -2.14. The fourth-order valence-corrected chi connectivity index (χ4v) is 2.98. The molecule has 0 N–H and O–H groups in total. The Morgan fingerprint density at radius 2 is 2.05 bits per heavy atom. The van der Waals surface area contributed by atoms with E-state index in [1.54, 1.807) is 6.07 Å². The first-order valence-electron chi connectivity index (χ1n) is 6.53. The number of halogens is 1. The molecule has 0 amide bonds. The predicted molar refractivity (Wildman–Crippen MR) is 86.6 cm³/mol. The van der Waals surface area contributed by atoms with Crippen LogP contribution in [0.2, 0.25) is 0 Å². The van der Waals surface area contributed by atoms with Gasteiger partial charge in [0.05, 0.1) is 4.92 Å². The van der Waals surface area contributed by atoms with E-state index in [4.69, 9.17) is 0 Å². The van der Waals surface area contributed by atoms with Gasteiger partial charge in [0.1, 0.15) is 4.47 Å². The third-order valence-corrected chi connectivity index (χ3v) is 4.44. The molecule has 0 unspecified atom stereocenters. The fourth-order valence-electron chi connectivity index (χ4n) is 2.44. The van der Waals surface area contributed by atoms with Crippen LogP contribution in [0.4, 0.5) is 5.69 Å². The van der Waals surface area contributed by atoms with Crippen LogP contribution in [0, 0.1) is 17.0 Å². The number of hydrogen-bond donors (Lipinski definition) is 0. The lowest BCUT2D eigenvalue weighted by atomic mass is 10.1. The summed E-state index contributed by atoms with van der Waals surface area (Å²) in [4.78, 5) is 10.6. The van der Waals surface area contributed by atoms with Crippen LogP contribution in [-0.2, 0) is 6.54 Å². The van der Waals surface area contributed by atoms with Crippen LogP contribution in [0.1, 0.15) is 11.1 Å². The van der Waals surface area contributed by atoms with Gasteiger partial charge in [0, 0.05) is 24.3 Å². The summed E-state index contributed by atoms with van der Waals surface area (Å²) in [5.41, 5.74) is 3.32. The SMILES string of the molecule is Cc1ccc2ccn(Cc3cccc([N+](=O)[O-])c3Br)c2c1. The predicted octanol–water partition coefficient (Wildman–Crippen LogP) is 4.67. The molecule has 3 rings (SSSR count). The van der Waals surface area contributed by atoms with E-state index in [9.17, 15) is 10.1 Å². The number of nitro groups is 1. The molecule has 0 aliphatic carbocycles. The van der Waals surface area contributed by atoms with E-state index in [-0.39, 0.29) is 10.6 Å². The minimum Gasteiger partial charge on any atom is -0.343 e. The average Bonchev–Trinajstić information content (AvgIpc) is 2.83. The van der Waals surface area contributed by atoms with Crippen LogP contribution >= 0.6 is 15.9 Å². The first kappa shape index (κ1) is 13.8. The molecular formula is C16H13BrN2O2. The third-order valence-electron chi connectivity index (χ3n) is 3.53. The van der Waals surface area contributed by atoms with E-state index in [1.807, 2.05) is 12.3 Å². The fraction of sp³-hybridized carbons (Fsp3) is 0.125. The summed E-state index contributed by atoms with van der Waals surface area (Å²) in [6, 6.07) is 13.5. The molecule has 1 aromatic heterocycles. The quantitative estimate of drug-likeness (QED) is 0.512. The highest BCUT2D eigenvalue weighted by Crippen LogP contribution is 2.29. The molecule has 0 spiro atoms. The van der Waals surface area contributed by atoms with Crippen LogP contribution < -0.4 is 0 Å². The molecule has 1 heterocycles. The van der Waals surface area contributed by atoms with Crippen LogP contribution in [0.15, 0.2) is 53.1 Å². The van der Waals surface area contributed by atoms with Crippen molar-refractivity contribution in [2.24, 2.45) is 0 Å². The van der Waals surface area contributed by atoms with Gasteiger partial charge in [-0.3, -0.25) is 10.1 Å². The minimum atomic E-state index is -0.370. The highest BCUT2D eigenvalue weighted by Gasteiger charge is 2.15. The number of nitro benzene ring substituents is 1. The molecule has 0 bridgehead atoms. The van der Waals surface area contributed by atoms with Gasteiger partial charge in [-0.05, 0) is 51.5 Å². The number of fused-ring (bicyclic) bond motifs is 1. The van der Waals surface area contributed by atoms with E-state index < -0.39 is 0 Å². The first-order chi connectivity index (χ1) is 10.1. The van der Waals surface area contributed by atoms with E-state index in [1.165, 1.54) is 17.0 Å². The second-order valence-corrected chi connectivity index (χ2v) is 5.81. The molecule has 0 aliphatic rings. The monoisotopic (exact) mass is 344 g/mol. The molecule has 0 saturated carbocycles.